The standard InChI is InChI=1S/C18H23N5O3/c1-17(2)8-7-16-18(13-17,21-9-11-26-12-10-21)22(20-19-16)14-3-5-15(6-4-14)23(24)25/h3-8,16H,9-13H2,1-2H3. The average molecular weight is 357 g/mol. The van der Waals surface area contributed by atoms with E-state index in [1.54, 1.807) is 12.1 Å². The Hall–Kier alpha value is -2.32. The molecule has 2 unspecified atom stereocenters. The lowest BCUT2D eigenvalue weighted by molar-refractivity contribution is -0.384. The van der Waals surface area contributed by atoms with E-state index in [0.717, 1.165) is 25.2 Å². The van der Waals surface area contributed by atoms with E-state index in [9.17, 15) is 10.1 Å². The molecule has 1 aromatic rings. The van der Waals surface area contributed by atoms with Gasteiger partial charge in [-0.05, 0) is 24.0 Å². The van der Waals surface area contributed by atoms with Crippen LogP contribution in [0.5, 0.6) is 0 Å². The molecule has 0 amide bonds. The summed E-state index contributed by atoms with van der Waals surface area (Å²) >= 11 is 0. The van der Waals surface area contributed by atoms with Crippen LogP contribution in [0.3, 0.4) is 0 Å². The summed E-state index contributed by atoms with van der Waals surface area (Å²) in [5, 5.41) is 22.0. The molecule has 8 nitrogen and oxygen atoms in total. The monoisotopic (exact) mass is 357 g/mol. The molecule has 1 aromatic carbocycles. The predicted octanol–water partition coefficient (Wildman–Crippen LogP) is 3.17. The van der Waals surface area contributed by atoms with Gasteiger partial charge < -0.3 is 4.74 Å². The number of nitro groups is 1. The number of morpholine rings is 1. The van der Waals surface area contributed by atoms with E-state index in [2.05, 4.69) is 41.2 Å². The highest BCUT2D eigenvalue weighted by Crippen LogP contribution is 2.48. The molecule has 0 N–H and O–H groups in total. The molecule has 0 aromatic heterocycles. The smallest absolute Gasteiger partial charge is 0.269 e. The lowest BCUT2D eigenvalue weighted by atomic mass is 9.73. The van der Waals surface area contributed by atoms with Gasteiger partial charge >= 0.3 is 0 Å². The summed E-state index contributed by atoms with van der Waals surface area (Å²) in [6.07, 6.45) is 5.23. The van der Waals surface area contributed by atoms with Crippen LogP contribution >= 0.6 is 0 Å². The summed E-state index contributed by atoms with van der Waals surface area (Å²) in [6.45, 7) is 7.44. The summed E-state index contributed by atoms with van der Waals surface area (Å²) in [5.41, 5.74) is 0.492. The van der Waals surface area contributed by atoms with E-state index < -0.39 is 5.66 Å². The summed E-state index contributed by atoms with van der Waals surface area (Å²) < 4.78 is 5.56. The van der Waals surface area contributed by atoms with E-state index >= 15 is 0 Å². The van der Waals surface area contributed by atoms with E-state index in [1.807, 2.05) is 5.01 Å². The van der Waals surface area contributed by atoms with Gasteiger partial charge in [0.25, 0.3) is 5.69 Å². The second kappa shape index (κ2) is 6.14. The normalized spacial score (nSPS) is 30.4. The molecule has 3 aliphatic rings. The maximum absolute atomic E-state index is 11.0. The molecule has 4 rings (SSSR count). The quantitative estimate of drug-likeness (QED) is 0.471. The van der Waals surface area contributed by atoms with Crippen molar-refractivity contribution in [3.8, 4) is 0 Å². The number of ether oxygens (including phenoxy) is 1. The highest BCUT2D eigenvalue weighted by Gasteiger charge is 2.56. The number of nitro benzene ring substituents is 1. The van der Waals surface area contributed by atoms with Gasteiger partial charge in [0.2, 0.25) is 0 Å². The van der Waals surface area contributed by atoms with Crippen molar-refractivity contribution in [2.45, 2.75) is 32.0 Å². The summed E-state index contributed by atoms with van der Waals surface area (Å²) in [4.78, 5) is 13.0. The van der Waals surface area contributed by atoms with Crippen molar-refractivity contribution in [3.63, 3.8) is 0 Å². The molecular weight excluding hydrogens is 334 g/mol. The van der Waals surface area contributed by atoms with Crippen LogP contribution in [0.25, 0.3) is 0 Å². The zero-order valence-corrected chi connectivity index (χ0v) is 15.0. The Balaban J connectivity index is 1.76. The van der Waals surface area contributed by atoms with Gasteiger partial charge in [-0.2, -0.15) is 5.11 Å². The fourth-order valence-corrected chi connectivity index (χ4v) is 4.23. The third-order valence-electron chi connectivity index (χ3n) is 5.42. The molecular formula is C18H23N5O3. The van der Waals surface area contributed by atoms with Crippen LogP contribution in [0.15, 0.2) is 46.8 Å². The van der Waals surface area contributed by atoms with E-state index in [-0.39, 0.29) is 22.1 Å². The number of allylic oxidation sites excluding steroid dienone is 1. The lowest BCUT2D eigenvalue weighted by Crippen LogP contribution is -2.67. The molecule has 1 fully saturated rings. The van der Waals surface area contributed by atoms with Gasteiger partial charge in [-0.25, -0.2) is 5.01 Å². The number of hydrogen-bond donors (Lipinski definition) is 0. The average Bonchev–Trinajstić information content (AvgIpc) is 3.01. The van der Waals surface area contributed by atoms with E-state index in [1.165, 1.54) is 12.1 Å². The molecule has 2 aliphatic heterocycles. The number of anilines is 1. The third-order valence-corrected chi connectivity index (χ3v) is 5.42. The van der Waals surface area contributed by atoms with Crippen LogP contribution in [-0.2, 0) is 4.74 Å². The molecule has 138 valence electrons. The van der Waals surface area contributed by atoms with Gasteiger partial charge in [-0.15, -0.1) is 0 Å². The SMILES string of the molecule is CC1(C)C=CC2N=NN(c3ccc([N+](=O)[O-])cc3)C2(N2CCOCC2)C1. The minimum atomic E-state index is -0.405. The molecule has 0 saturated carbocycles. The minimum absolute atomic E-state index is 0.00319. The van der Waals surface area contributed by atoms with Crippen LogP contribution in [0.4, 0.5) is 11.4 Å². The summed E-state index contributed by atoms with van der Waals surface area (Å²) in [7, 11) is 0. The van der Waals surface area contributed by atoms with Gasteiger partial charge in [0.05, 0.1) is 23.8 Å². The third kappa shape index (κ3) is 2.69. The first-order valence-electron chi connectivity index (χ1n) is 8.90. The number of benzene rings is 1. The second-order valence-corrected chi connectivity index (χ2v) is 7.74. The van der Waals surface area contributed by atoms with Gasteiger partial charge in [0, 0.05) is 25.2 Å². The molecule has 2 atom stereocenters. The minimum Gasteiger partial charge on any atom is -0.379 e. The Kier molecular flexibility index (Phi) is 4.04. The zero-order valence-electron chi connectivity index (χ0n) is 15.0. The van der Waals surface area contributed by atoms with E-state index in [4.69, 9.17) is 4.74 Å². The number of fused-ring (bicyclic) bond motifs is 1. The van der Waals surface area contributed by atoms with Crippen molar-refractivity contribution in [1.29, 1.82) is 0 Å². The van der Waals surface area contributed by atoms with Crippen molar-refractivity contribution in [2.24, 2.45) is 15.8 Å². The Morgan fingerprint density at radius 1 is 1.23 bits per heavy atom. The van der Waals surface area contributed by atoms with Crippen molar-refractivity contribution in [3.05, 3.63) is 46.5 Å². The molecule has 0 bridgehead atoms. The topological polar surface area (TPSA) is 83.6 Å². The van der Waals surface area contributed by atoms with E-state index in [0.29, 0.717) is 13.2 Å². The number of nitrogens with zero attached hydrogens (tertiary/aromatic N) is 5. The van der Waals surface area contributed by atoms with Gasteiger partial charge in [-0.3, -0.25) is 15.0 Å². The zero-order chi connectivity index (χ0) is 18.4. The first-order chi connectivity index (χ1) is 12.4. The van der Waals surface area contributed by atoms with Crippen LogP contribution in [0.2, 0.25) is 0 Å². The molecule has 1 saturated heterocycles. The summed E-state index contributed by atoms with van der Waals surface area (Å²) in [5.74, 6) is 0. The van der Waals surface area contributed by atoms with Crippen molar-refractivity contribution in [2.75, 3.05) is 31.3 Å². The fourth-order valence-electron chi connectivity index (χ4n) is 4.23. The van der Waals surface area contributed by atoms with Crippen molar-refractivity contribution >= 4 is 11.4 Å². The van der Waals surface area contributed by atoms with Gasteiger partial charge in [0.15, 0.2) is 0 Å². The highest BCUT2D eigenvalue weighted by atomic mass is 16.6. The van der Waals surface area contributed by atoms with Crippen LogP contribution in [0.1, 0.15) is 20.3 Å². The Morgan fingerprint density at radius 3 is 2.58 bits per heavy atom. The van der Waals surface area contributed by atoms with Crippen LogP contribution in [-0.4, -0.2) is 47.8 Å². The molecule has 0 spiro atoms. The maximum atomic E-state index is 11.0. The number of rotatable bonds is 3. The lowest BCUT2D eigenvalue weighted by Gasteiger charge is -2.52. The predicted molar refractivity (Wildman–Crippen MR) is 96.9 cm³/mol. The Morgan fingerprint density at radius 2 is 1.92 bits per heavy atom. The van der Waals surface area contributed by atoms with Gasteiger partial charge in [0.1, 0.15) is 11.7 Å². The number of non-ortho nitro benzene ring substituents is 1. The molecule has 1 aliphatic carbocycles. The van der Waals surface area contributed by atoms with Crippen LogP contribution < -0.4 is 5.01 Å². The molecule has 8 heteroatoms. The van der Waals surface area contributed by atoms with Crippen LogP contribution in [0, 0.1) is 15.5 Å². The highest BCUT2D eigenvalue weighted by molar-refractivity contribution is 5.54. The summed E-state index contributed by atoms with van der Waals surface area (Å²) in [6, 6.07) is 6.49. The van der Waals surface area contributed by atoms with Crippen molar-refractivity contribution in [1.82, 2.24) is 4.90 Å². The number of hydrogen-bond acceptors (Lipinski definition) is 7. The maximum Gasteiger partial charge on any atom is 0.269 e. The second-order valence-electron chi connectivity index (χ2n) is 7.74. The Labute approximate surface area is 152 Å². The molecule has 0 radical (unpaired) electrons. The fraction of sp³-hybridized carbons (Fsp3) is 0.556. The molecule has 2 heterocycles. The Bertz CT molecular complexity index is 755. The first kappa shape index (κ1) is 17.1. The van der Waals surface area contributed by atoms with Crippen molar-refractivity contribution < 1.29 is 9.66 Å². The first-order valence-corrected chi connectivity index (χ1v) is 8.90. The molecule has 26 heavy (non-hydrogen) atoms. The largest absolute Gasteiger partial charge is 0.379 e. The van der Waals surface area contributed by atoms with Gasteiger partial charge in [-0.1, -0.05) is 31.2 Å².